The number of amides is 3. The van der Waals surface area contributed by atoms with Gasteiger partial charge in [-0.25, -0.2) is 9.78 Å². The lowest BCUT2D eigenvalue weighted by molar-refractivity contribution is -0.123. The van der Waals surface area contributed by atoms with Crippen molar-refractivity contribution in [1.29, 1.82) is 0 Å². The number of ether oxygens (including phenoxy) is 1. The van der Waals surface area contributed by atoms with E-state index in [1.807, 2.05) is 88.0 Å². The summed E-state index contributed by atoms with van der Waals surface area (Å²) >= 11 is 0. The van der Waals surface area contributed by atoms with Crippen molar-refractivity contribution in [2.45, 2.75) is 73.0 Å². The maximum absolute atomic E-state index is 12.3. The molecule has 1 aromatic carbocycles. The summed E-state index contributed by atoms with van der Waals surface area (Å²) in [7, 11) is 1.19. The zero-order valence-electron chi connectivity index (χ0n) is 27.8. The molecule has 0 radical (unpaired) electrons. The lowest BCUT2D eigenvalue weighted by Crippen LogP contribution is -2.39. The van der Waals surface area contributed by atoms with Crippen molar-refractivity contribution in [1.82, 2.24) is 15.2 Å². The van der Waals surface area contributed by atoms with Crippen LogP contribution in [0.3, 0.4) is 0 Å². The van der Waals surface area contributed by atoms with Gasteiger partial charge in [0.25, 0.3) is 0 Å². The molecule has 3 rings (SSSR count). The SMILES string of the molecule is C=CCCNC(=O)CO.CC.CC(C)(C)CC(N)=O.CN=O.O=C(OCc1ccccc1)N1CCCC1CNc1ccccn1. The molecule has 1 fully saturated rings. The first-order valence-corrected chi connectivity index (χ1v) is 15.1. The molecule has 1 aliphatic heterocycles. The molecule has 0 bridgehead atoms. The molecule has 1 unspecified atom stereocenters. The van der Waals surface area contributed by atoms with E-state index in [4.69, 9.17) is 20.5 Å². The third-order valence-corrected chi connectivity index (χ3v) is 5.52. The fraction of sp³-hybridized carbons (Fsp3) is 0.515. The number of nitrogens with two attached hydrogens (primary N) is 1. The summed E-state index contributed by atoms with van der Waals surface area (Å²) in [6, 6.07) is 15.6. The van der Waals surface area contributed by atoms with E-state index in [0.29, 0.717) is 26.1 Å². The van der Waals surface area contributed by atoms with E-state index in [2.05, 4.69) is 27.4 Å². The summed E-state index contributed by atoms with van der Waals surface area (Å²) in [6.07, 6.45) is 6.42. The second-order valence-electron chi connectivity index (χ2n) is 10.6. The standard InChI is InChI=1S/C18H21N3O2.C6H11NO2.C6H13NO.C2H6.CH3NO/c22-18(23-14-15-7-2-1-3-8-15)21-12-6-9-16(21)13-20-17-10-4-5-11-19-17;1-2-3-4-7-6(9)5-8;1-6(2,3)4-5(7)8;1-2;1-2-3/h1-5,7-8,10-11,16H,6,9,12-14H2,(H,19,20);2,8H,1,3-5H2,(H,7,9);4H2,1-3H3,(H2,7,8);1-2H3;1H3. The normalized spacial score (nSPS) is 12.9. The molecule has 0 saturated carbocycles. The van der Waals surface area contributed by atoms with E-state index in [-0.39, 0.29) is 29.4 Å². The summed E-state index contributed by atoms with van der Waals surface area (Å²) in [6.45, 7) is 15.3. The van der Waals surface area contributed by atoms with Gasteiger partial charge < -0.3 is 31.1 Å². The number of nitrogens with one attached hydrogen (secondary N) is 2. The second kappa shape index (κ2) is 27.2. The largest absolute Gasteiger partial charge is 0.445 e. The number of rotatable bonds is 10. The Morgan fingerprint density at radius 1 is 1.16 bits per heavy atom. The van der Waals surface area contributed by atoms with Crippen LogP contribution in [0.5, 0.6) is 0 Å². The number of primary amides is 1. The van der Waals surface area contributed by atoms with Gasteiger partial charge in [0.1, 0.15) is 19.0 Å². The molecule has 45 heavy (non-hydrogen) atoms. The number of pyridine rings is 1. The lowest BCUT2D eigenvalue weighted by atomic mass is 9.92. The smallest absolute Gasteiger partial charge is 0.410 e. The van der Waals surface area contributed by atoms with Crippen LogP contribution in [-0.2, 0) is 20.9 Å². The molecule has 2 heterocycles. The third-order valence-electron chi connectivity index (χ3n) is 5.52. The Hall–Kier alpha value is -4.32. The summed E-state index contributed by atoms with van der Waals surface area (Å²) < 4.78 is 5.44. The highest BCUT2D eigenvalue weighted by atomic mass is 16.6. The van der Waals surface area contributed by atoms with Crippen molar-refractivity contribution in [3.8, 4) is 0 Å². The highest BCUT2D eigenvalue weighted by Crippen LogP contribution is 2.19. The van der Waals surface area contributed by atoms with Crippen LogP contribution in [0, 0.1) is 10.3 Å². The van der Waals surface area contributed by atoms with Crippen LogP contribution in [-0.4, -0.2) is 72.2 Å². The minimum Gasteiger partial charge on any atom is -0.445 e. The zero-order valence-corrected chi connectivity index (χ0v) is 27.8. The highest BCUT2D eigenvalue weighted by Gasteiger charge is 2.29. The molecule has 1 aromatic heterocycles. The minimum atomic E-state index is -0.433. The van der Waals surface area contributed by atoms with E-state index in [1.54, 1.807) is 12.3 Å². The first-order valence-electron chi connectivity index (χ1n) is 15.1. The molecule has 0 spiro atoms. The molecule has 2 aromatic rings. The number of anilines is 1. The molecule has 1 saturated heterocycles. The van der Waals surface area contributed by atoms with Crippen molar-refractivity contribution in [3.05, 3.63) is 77.9 Å². The van der Waals surface area contributed by atoms with Crippen LogP contribution in [0.2, 0.25) is 0 Å². The third kappa shape index (κ3) is 24.8. The predicted octanol–water partition coefficient (Wildman–Crippen LogP) is 5.28. The molecule has 252 valence electrons. The Morgan fingerprint density at radius 3 is 2.27 bits per heavy atom. The van der Waals surface area contributed by atoms with E-state index < -0.39 is 6.61 Å². The monoisotopic (exact) mass is 630 g/mol. The van der Waals surface area contributed by atoms with E-state index >= 15 is 0 Å². The van der Waals surface area contributed by atoms with Crippen LogP contribution < -0.4 is 16.4 Å². The summed E-state index contributed by atoms with van der Waals surface area (Å²) in [5.41, 5.74) is 5.99. The number of carbonyl (C=O) groups is 3. The molecular weight excluding hydrogens is 576 g/mol. The number of aromatic nitrogens is 1. The molecule has 0 aliphatic carbocycles. The number of benzene rings is 1. The first-order chi connectivity index (χ1) is 21.5. The highest BCUT2D eigenvalue weighted by molar-refractivity contribution is 5.76. The predicted molar refractivity (Wildman–Crippen MR) is 180 cm³/mol. The molecule has 1 atom stereocenters. The number of likely N-dealkylation sites (tertiary alicyclic amines) is 1. The van der Waals surface area contributed by atoms with Crippen molar-refractivity contribution in [2.24, 2.45) is 16.3 Å². The quantitative estimate of drug-likeness (QED) is 0.156. The summed E-state index contributed by atoms with van der Waals surface area (Å²) in [4.78, 5) is 47.4. The maximum atomic E-state index is 12.3. The van der Waals surface area contributed by atoms with Crippen LogP contribution >= 0.6 is 0 Å². The van der Waals surface area contributed by atoms with Gasteiger partial charge in [-0.05, 0) is 42.4 Å². The summed E-state index contributed by atoms with van der Waals surface area (Å²) in [5, 5.41) is 16.2. The van der Waals surface area contributed by atoms with Crippen LogP contribution in [0.4, 0.5) is 10.6 Å². The fourth-order valence-electron chi connectivity index (χ4n) is 3.67. The average Bonchev–Trinajstić information content (AvgIpc) is 3.50. The van der Waals surface area contributed by atoms with Crippen molar-refractivity contribution in [3.63, 3.8) is 0 Å². The van der Waals surface area contributed by atoms with Gasteiger partial charge in [0.15, 0.2) is 0 Å². The maximum Gasteiger partial charge on any atom is 0.410 e. The average molecular weight is 631 g/mol. The summed E-state index contributed by atoms with van der Waals surface area (Å²) in [5.74, 6) is 0.270. The molecule has 3 amide bonds. The van der Waals surface area contributed by atoms with Crippen LogP contribution in [0.15, 0.2) is 72.6 Å². The first kappa shape index (κ1) is 42.8. The Labute approximate surface area is 268 Å². The van der Waals surface area contributed by atoms with E-state index in [9.17, 15) is 14.4 Å². The number of aliphatic hydroxyl groups excluding tert-OH is 1. The van der Waals surface area contributed by atoms with Gasteiger partial charge in [-0.2, -0.15) is 4.91 Å². The van der Waals surface area contributed by atoms with Gasteiger partial charge in [0.2, 0.25) is 11.8 Å². The minimum absolute atomic E-state index is 0.0475. The Kier molecular flexibility index (Phi) is 25.9. The Morgan fingerprint density at radius 2 is 1.78 bits per heavy atom. The molecule has 5 N–H and O–H groups in total. The van der Waals surface area contributed by atoms with Gasteiger partial charge in [-0.15, -0.1) is 6.58 Å². The van der Waals surface area contributed by atoms with Gasteiger partial charge in [0.05, 0.1) is 13.1 Å². The number of nitrogens with zero attached hydrogens (tertiary/aromatic N) is 3. The van der Waals surface area contributed by atoms with Crippen molar-refractivity contribution in [2.75, 3.05) is 38.6 Å². The van der Waals surface area contributed by atoms with E-state index in [1.165, 1.54) is 7.05 Å². The number of hydrogen-bond donors (Lipinski definition) is 4. The number of aliphatic hydroxyl groups is 1. The van der Waals surface area contributed by atoms with Crippen LogP contribution in [0.1, 0.15) is 65.9 Å². The second-order valence-corrected chi connectivity index (χ2v) is 10.6. The van der Waals surface area contributed by atoms with Gasteiger partial charge in [0, 0.05) is 32.3 Å². The number of hydrogen-bond acceptors (Lipinski definition) is 9. The Balaban J connectivity index is 0. The number of nitroso groups, excluding NO2 is 1. The Bertz CT molecular complexity index is 1060. The molecular formula is C33H54N6O6. The fourth-order valence-corrected chi connectivity index (χ4v) is 3.67. The van der Waals surface area contributed by atoms with Crippen LogP contribution in [0.25, 0.3) is 0 Å². The molecule has 1 aliphatic rings. The topological polar surface area (TPSA) is 176 Å². The van der Waals surface area contributed by atoms with Crippen molar-refractivity contribution >= 4 is 23.7 Å². The molecule has 12 heteroatoms. The van der Waals surface area contributed by atoms with Gasteiger partial charge >= 0.3 is 6.09 Å². The zero-order chi connectivity index (χ0) is 34.5. The van der Waals surface area contributed by atoms with Gasteiger partial charge in [-0.1, -0.05) is 82.3 Å². The van der Waals surface area contributed by atoms with E-state index in [0.717, 1.165) is 37.2 Å². The van der Waals surface area contributed by atoms with Gasteiger partial charge in [-0.3, -0.25) is 9.59 Å². The lowest BCUT2D eigenvalue weighted by Gasteiger charge is -2.24. The molecule has 12 nitrogen and oxygen atoms in total. The van der Waals surface area contributed by atoms with Crippen molar-refractivity contribution < 1.29 is 24.2 Å². The number of carbonyl (C=O) groups excluding carboxylic acids is 3.